The first-order valence-corrected chi connectivity index (χ1v) is 7.58. The van der Waals surface area contributed by atoms with Gasteiger partial charge in [-0.25, -0.2) is 14.2 Å². The maximum atomic E-state index is 14.1. The monoisotopic (exact) mass is 340 g/mol. The molecule has 1 aromatic rings. The molecule has 2 rings (SSSR count). The van der Waals surface area contributed by atoms with Gasteiger partial charge in [0, 0.05) is 26.2 Å². The van der Waals surface area contributed by atoms with Gasteiger partial charge < -0.3 is 14.5 Å². The van der Waals surface area contributed by atoms with E-state index in [1.54, 1.807) is 36.6 Å². The van der Waals surface area contributed by atoms with E-state index in [2.05, 4.69) is 4.98 Å². The maximum absolute atomic E-state index is 14.1. The standard InChI is InChI=1S/C15H18ClFN4O2/c1-15(2,3)23-14(22)21-6-4-20(5-7-21)13-11(17)8-10(9-18)12(16)19-13/h8H,4-7H2,1-3H3. The molecule has 1 aliphatic rings. The summed E-state index contributed by atoms with van der Waals surface area (Å²) in [5.74, 6) is -0.505. The highest BCUT2D eigenvalue weighted by Gasteiger charge is 2.27. The zero-order chi connectivity index (χ0) is 17.2. The smallest absolute Gasteiger partial charge is 0.410 e. The van der Waals surface area contributed by atoms with Crippen LogP contribution in [0.3, 0.4) is 0 Å². The number of piperazine rings is 1. The van der Waals surface area contributed by atoms with E-state index < -0.39 is 11.4 Å². The van der Waals surface area contributed by atoms with Crippen LogP contribution in [0.5, 0.6) is 0 Å². The number of pyridine rings is 1. The van der Waals surface area contributed by atoms with Crippen LogP contribution in [0.4, 0.5) is 15.0 Å². The van der Waals surface area contributed by atoms with Gasteiger partial charge >= 0.3 is 6.09 Å². The summed E-state index contributed by atoms with van der Waals surface area (Å²) in [5.41, 5.74) is -0.553. The van der Waals surface area contributed by atoms with Crippen LogP contribution in [0, 0.1) is 17.1 Å². The predicted molar refractivity (Wildman–Crippen MR) is 83.9 cm³/mol. The van der Waals surface area contributed by atoms with Crippen LogP contribution in [0.25, 0.3) is 0 Å². The number of nitrogens with zero attached hydrogens (tertiary/aromatic N) is 4. The average Bonchev–Trinajstić information content (AvgIpc) is 2.47. The Morgan fingerprint density at radius 3 is 2.52 bits per heavy atom. The molecule has 0 saturated carbocycles. The lowest BCUT2D eigenvalue weighted by atomic mass is 10.2. The van der Waals surface area contributed by atoms with Crippen molar-refractivity contribution < 1.29 is 13.9 Å². The van der Waals surface area contributed by atoms with Crippen LogP contribution >= 0.6 is 11.6 Å². The van der Waals surface area contributed by atoms with E-state index in [9.17, 15) is 9.18 Å². The molecule has 124 valence electrons. The summed E-state index contributed by atoms with van der Waals surface area (Å²) in [4.78, 5) is 19.2. The molecule has 0 radical (unpaired) electrons. The van der Waals surface area contributed by atoms with Gasteiger partial charge in [-0.3, -0.25) is 0 Å². The number of carbonyl (C=O) groups excluding carboxylic acids is 1. The van der Waals surface area contributed by atoms with Gasteiger partial charge in [0.15, 0.2) is 11.6 Å². The minimum Gasteiger partial charge on any atom is -0.444 e. The van der Waals surface area contributed by atoms with Crippen molar-refractivity contribution in [2.45, 2.75) is 26.4 Å². The topological polar surface area (TPSA) is 69.5 Å². The molecule has 0 aliphatic carbocycles. The van der Waals surface area contributed by atoms with E-state index in [0.717, 1.165) is 6.07 Å². The largest absolute Gasteiger partial charge is 0.444 e. The molecule has 1 aromatic heterocycles. The number of aromatic nitrogens is 1. The summed E-state index contributed by atoms with van der Waals surface area (Å²) in [6.45, 7) is 7.02. The van der Waals surface area contributed by atoms with Crippen molar-refractivity contribution in [2.24, 2.45) is 0 Å². The molecule has 0 bridgehead atoms. The SMILES string of the molecule is CC(C)(C)OC(=O)N1CCN(c2nc(Cl)c(C#N)cc2F)CC1. The summed E-state index contributed by atoms with van der Waals surface area (Å²) in [7, 11) is 0. The minimum atomic E-state index is -0.600. The number of anilines is 1. The van der Waals surface area contributed by atoms with Crippen LogP contribution in [0.15, 0.2) is 6.07 Å². The molecule has 1 amide bonds. The highest BCUT2D eigenvalue weighted by Crippen LogP contribution is 2.24. The number of rotatable bonds is 1. The van der Waals surface area contributed by atoms with Gasteiger partial charge in [-0.2, -0.15) is 5.26 Å². The lowest BCUT2D eigenvalue weighted by Gasteiger charge is -2.36. The predicted octanol–water partition coefficient (Wildman–Crippen LogP) is 2.80. The van der Waals surface area contributed by atoms with Gasteiger partial charge in [0.2, 0.25) is 0 Å². The average molecular weight is 341 g/mol. The molecule has 0 aromatic carbocycles. The van der Waals surface area contributed by atoms with E-state index >= 15 is 0 Å². The van der Waals surface area contributed by atoms with Gasteiger partial charge in [0.1, 0.15) is 16.8 Å². The summed E-state index contributed by atoms with van der Waals surface area (Å²) in [6, 6.07) is 2.86. The van der Waals surface area contributed by atoms with E-state index in [1.807, 2.05) is 0 Å². The number of carbonyl (C=O) groups is 1. The van der Waals surface area contributed by atoms with Crippen LogP contribution in [-0.2, 0) is 4.74 Å². The Hall–Kier alpha value is -2.07. The highest BCUT2D eigenvalue weighted by atomic mass is 35.5. The Labute approximate surface area is 139 Å². The second kappa shape index (κ2) is 6.59. The van der Waals surface area contributed by atoms with E-state index in [-0.39, 0.29) is 22.6 Å². The highest BCUT2D eigenvalue weighted by molar-refractivity contribution is 6.30. The Morgan fingerprint density at radius 2 is 2.00 bits per heavy atom. The molecule has 0 unspecified atom stereocenters. The molecule has 1 saturated heterocycles. The number of ether oxygens (including phenoxy) is 1. The third kappa shape index (κ3) is 4.23. The van der Waals surface area contributed by atoms with Crippen molar-refractivity contribution in [1.82, 2.24) is 9.88 Å². The quantitative estimate of drug-likeness (QED) is 0.735. The molecule has 0 spiro atoms. The summed E-state index contributed by atoms with van der Waals surface area (Å²) in [6.07, 6.45) is -0.386. The van der Waals surface area contributed by atoms with Gasteiger partial charge in [0.05, 0.1) is 5.56 Å². The fraction of sp³-hybridized carbons (Fsp3) is 0.533. The van der Waals surface area contributed by atoms with Crippen LogP contribution in [0.2, 0.25) is 5.15 Å². The molecule has 2 heterocycles. The van der Waals surface area contributed by atoms with Crippen molar-refractivity contribution in [3.05, 3.63) is 22.6 Å². The number of nitriles is 1. The first-order valence-electron chi connectivity index (χ1n) is 7.20. The summed E-state index contributed by atoms with van der Waals surface area (Å²) >= 11 is 5.86. The Balaban J connectivity index is 2.04. The van der Waals surface area contributed by atoms with Gasteiger partial charge in [0.25, 0.3) is 0 Å². The third-order valence-electron chi connectivity index (χ3n) is 3.26. The van der Waals surface area contributed by atoms with Crippen LogP contribution in [0.1, 0.15) is 26.3 Å². The second-order valence-corrected chi connectivity index (χ2v) is 6.56. The Bertz CT molecular complexity index is 646. The first kappa shape index (κ1) is 17.3. The Morgan fingerprint density at radius 1 is 1.39 bits per heavy atom. The number of hydrogen-bond donors (Lipinski definition) is 0. The van der Waals surface area contributed by atoms with Crippen LogP contribution in [-0.4, -0.2) is 47.8 Å². The van der Waals surface area contributed by atoms with Gasteiger partial charge in [-0.15, -0.1) is 0 Å². The zero-order valence-electron chi connectivity index (χ0n) is 13.3. The van der Waals surface area contributed by atoms with E-state index in [1.165, 1.54) is 0 Å². The molecule has 0 N–H and O–H groups in total. The van der Waals surface area contributed by atoms with Crippen molar-refractivity contribution >= 4 is 23.5 Å². The Kier molecular flexibility index (Phi) is 4.95. The lowest BCUT2D eigenvalue weighted by Crippen LogP contribution is -2.50. The number of hydrogen-bond acceptors (Lipinski definition) is 5. The van der Waals surface area contributed by atoms with Gasteiger partial charge in [-0.05, 0) is 26.8 Å². The molecule has 0 atom stereocenters. The summed E-state index contributed by atoms with van der Waals surface area (Å²) in [5, 5.41) is 8.79. The van der Waals surface area contributed by atoms with Crippen molar-refractivity contribution in [1.29, 1.82) is 5.26 Å². The van der Waals surface area contributed by atoms with Crippen molar-refractivity contribution in [3.63, 3.8) is 0 Å². The molecular formula is C15H18ClFN4O2. The zero-order valence-corrected chi connectivity index (χ0v) is 14.0. The van der Waals surface area contributed by atoms with Crippen LogP contribution < -0.4 is 4.90 Å². The van der Waals surface area contributed by atoms with Crippen molar-refractivity contribution in [2.75, 3.05) is 31.1 Å². The molecule has 1 aliphatic heterocycles. The van der Waals surface area contributed by atoms with Crippen molar-refractivity contribution in [3.8, 4) is 6.07 Å². The first-order chi connectivity index (χ1) is 10.7. The fourth-order valence-electron chi connectivity index (χ4n) is 2.18. The third-order valence-corrected chi connectivity index (χ3v) is 3.55. The van der Waals surface area contributed by atoms with E-state index in [4.69, 9.17) is 21.6 Å². The lowest BCUT2D eigenvalue weighted by molar-refractivity contribution is 0.0240. The molecular weight excluding hydrogens is 323 g/mol. The maximum Gasteiger partial charge on any atom is 0.410 e. The number of halogens is 2. The molecule has 8 heteroatoms. The van der Waals surface area contributed by atoms with E-state index in [0.29, 0.717) is 26.2 Å². The summed E-state index contributed by atoms with van der Waals surface area (Å²) < 4.78 is 19.4. The molecule has 1 fully saturated rings. The molecule has 23 heavy (non-hydrogen) atoms. The number of amides is 1. The normalized spacial score (nSPS) is 15.3. The van der Waals surface area contributed by atoms with Gasteiger partial charge in [-0.1, -0.05) is 11.6 Å². The minimum absolute atomic E-state index is 0.000285. The second-order valence-electron chi connectivity index (χ2n) is 6.20. The molecule has 6 nitrogen and oxygen atoms in total. The fourth-order valence-corrected chi connectivity index (χ4v) is 2.36.